The third-order valence-electron chi connectivity index (χ3n) is 4.91. The van der Waals surface area contributed by atoms with Crippen molar-refractivity contribution in [3.05, 3.63) is 89.5 Å². The molecule has 2 atom stereocenters. The standard InChI is InChI=1S/C24H27NO2/c1-17-8-10-21(11-9-17)23(26)16-25-18(2)19-12-14-20(15-13-19)22-6-4-5-7-24(22)27-3/h4-15,18,23,25-26H,16H2,1-3H3. The average molecular weight is 361 g/mol. The van der Waals surface area contributed by atoms with Crippen molar-refractivity contribution in [1.29, 1.82) is 0 Å². The molecule has 2 N–H and O–H groups in total. The molecule has 0 aliphatic heterocycles. The number of hydrogen-bond acceptors (Lipinski definition) is 3. The Morgan fingerprint density at radius 1 is 0.889 bits per heavy atom. The van der Waals surface area contributed by atoms with Gasteiger partial charge in [-0.05, 0) is 36.6 Å². The van der Waals surface area contributed by atoms with E-state index in [4.69, 9.17) is 4.74 Å². The van der Waals surface area contributed by atoms with Gasteiger partial charge in [0.25, 0.3) is 0 Å². The van der Waals surface area contributed by atoms with Gasteiger partial charge in [0, 0.05) is 18.2 Å². The Kier molecular flexibility index (Phi) is 6.28. The number of para-hydroxylation sites is 1. The molecule has 0 fully saturated rings. The van der Waals surface area contributed by atoms with Gasteiger partial charge in [0.2, 0.25) is 0 Å². The molecular formula is C24H27NO2. The zero-order chi connectivity index (χ0) is 19.2. The highest BCUT2D eigenvalue weighted by atomic mass is 16.5. The fraction of sp³-hybridized carbons (Fsp3) is 0.250. The molecular weight excluding hydrogens is 334 g/mol. The Labute approximate surface area is 161 Å². The minimum Gasteiger partial charge on any atom is -0.496 e. The molecule has 0 saturated carbocycles. The van der Waals surface area contributed by atoms with Gasteiger partial charge in [-0.1, -0.05) is 72.3 Å². The first-order valence-electron chi connectivity index (χ1n) is 9.30. The first-order chi connectivity index (χ1) is 13.1. The molecule has 0 saturated heterocycles. The van der Waals surface area contributed by atoms with Crippen LogP contribution in [0.2, 0.25) is 0 Å². The van der Waals surface area contributed by atoms with E-state index in [-0.39, 0.29) is 6.04 Å². The fourth-order valence-electron chi connectivity index (χ4n) is 3.15. The van der Waals surface area contributed by atoms with Crippen LogP contribution in [0.1, 0.15) is 35.8 Å². The van der Waals surface area contributed by atoms with Crippen LogP contribution in [0.4, 0.5) is 0 Å². The number of aryl methyl sites for hydroxylation is 1. The maximum atomic E-state index is 10.4. The highest BCUT2D eigenvalue weighted by molar-refractivity contribution is 5.70. The van der Waals surface area contributed by atoms with Crippen LogP contribution in [-0.2, 0) is 0 Å². The van der Waals surface area contributed by atoms with Crippen molar-refractivity contribution < 1.29 is 9.84 Å². The number of benzene rings is 3. The minimum absolute atomic E-state index is 0.150. The van der Waals surface area contributed by atoms with Gasteiger partial charge in [-0.25, -0.2) is 0 Å². The Hall–Kier alpha value is -2.62. The van der Waals surface area contributed by atoms with E-state index in [1.165, 1.54) is 11.1 Å². The molecule has 3 rings (SSSR count). The lowest BCUT2D eigenvalue weighted by atomic mass is 10.0. The molecule has 0 heterocycles. The van der Waals surface area contributed by atoms with Crippen LogP contribution in [0.3, 0.4) is 0 Å². The maximum Gasteiger partial charge on any atom is 0.126 e. The quantitative estimate of drug-likeness (QED) is 0.618. The normalized spacial score (nSPS) is 13.2. The SMILES string of the molecule is COc1ccccc1-c1ccc(C(C)NCC(O)c2ccc(C)cc2)cc1. The molecule has 3 aromatic carbocycles. The predicted molar refractivity (Wildman–Crippen MR) is 111 cm³/mol. The topological polar surface area (TPSA) is 41.5 Å². The van der Waals surface area contributed by atoms with Crippen molar-refractivity contribution in [2.75, 3.05) is 13.7 Å². The van der Waals surface area contributed by atoms with Crippen LogP contribution in [0.15, 0.2) is 72.8 Å². The number of aliphatic hydroxyl groups is 1. The van der Waals surface area contributed by atoms with Gasteiger partial charge in [-0.2, -0.15) is 0 Å². The summed E-state index contributed by atoms with van der Waals surface area (Å²) in [5.74, 6) is 0.873. The summed E-state index contributed by atoms with van der Waals surface area (Å²) in [5.41, 5.74) is 5.53. The summed E-state index contributed by atoms with van der Waals surface area (Å²) in [4.78, 5) is 0. The van der Waals surface area contributed by atoms with Crippen LogP contribution in [0.5, 0.6) is 5.75 Å². The smallest absolute Gasteiger partial charge is 0.126 e. The van der Waals surface area contributed by atoms with Crippen molar-refractivity contribution in [2.24, 2.45) is 0 Å². The molecule has 0 aliphatic carbocycles. The van der Waals surface area contributed by atoms with Crippen LogP contribution in [0, 0.1) is 6.92 Å². The summed E-state index contributed by atoms with van der Waals surface area (Å²) in [6, 6.07) is 24.7. The van der Waals surface area contributed by atoms with Crippen LogP contribution >= 0.6 is 0 Å². The Morgan fingerprint density at radius 3 is 2.19 bits per heavy atom. The molecule has 27 heavy (non-hydrogen) atoms. The van der Waals surface area contributed by atoms with Crippen molar-refractivity contribution in [2.45, 2.75) is 26.0 Å². The monoisotopic (exact) mass is 361 g/mol. The van der Waals surface area contributed by atoms with Gasteiger partial charge in [0.15, 0.2) is 0 Å². The van der Waals surface area contributed by atoms with E-state index >= 15 is 0 Å². The number of rotatable bonds is 7. The molecule has 3 aromatic rings. The number of methoxy groups -OCH3 is 1. The summed E-state index contributed by atoms with van der Waals surface area (Å²) in [6.07, 6.45) is -0.513. The molecule has 0 spiro atoms. The molecule has 3 heteroatoms. The second-order valence-electron chi connectivity index (χ2n) is 6.88. The number of nitrogens with one attached hydrogen (secondary N) is 1. The van der Waals surface area contributed by atoms with Gasteiger partial charge in [0.05, 0.1) is 13.2 Å². The molecule has 0 aliphatic rings. The number of hydrogen-bond donors (Lipinski definition) is 2. The van der Waals surface area contributed by atoms with Crippen molar-refractivity contribution in [3.8, 4) is 16.9 Å². The highest BCUT2D eigenvalue weighted by Crippen LogP contribution is 2.30. The van der Waals surface area contributed by atoms with Gasteiger partial charge < -0.3 is 15.2 Å². The third kappa shape index (κ3) is 4.76. The van der Waals surface area contributed by atoms with Gasteiger partial charge in [-0.3, -0.25) is 0 Å². The molecule has 3 nitrogen and oxygen atoms in total. The Morgan fingerprint density at radius 2 is 1.52 bits per heavy atom. The molecule has 0 bridgehead atoms. The first kappa shape index (κ1) is 19.2. The lowest BCUT2D eigenvalue weighted by Crippen LogP contribution is -2.24. The van der Waals surface area contributed by atoms with E-state index < -0.39 is 6.10 Å². The summed E-state index contributed by atoms with van der Waals surface area (Å²) < 4.78 is 5.45. The largest absolute Gasteiger partial charge is 0.496 e. The Balaban J connectivity index is 1.63. The molecule has 0 amide bonds. The van der Waals surface area contributed by atoms with E-state index in [0.717, 1.165) is 22.4 Å². The van der Waals surface area contributed by atoms with E-state index in [1.54, 1.807) is 7.11 Å². The van der Waals surface area contributed by atoms with Crippen LogP contribution in [-0.4, -0.2) is 18.8 Å². The molecule has 0 radical (unpaired) electrons. The minimum atomic E-state index is -0.513. The van der Waals surface area contributed by atoms with E-state index in [9.17, 15) is 5.11 Å². The molecule has 2 unspecified atom stereocenters. The summed E-state index contributed by atoms with van der Waals surface area (Å²) >= 11 is 0. The average Bonchev–Trinajstić information content (AvgIpc) is 2.72. The van der Waals surface area contributed by atoms with Crippen molar-refractivity contribution >= 4 is 0 Å². The predicted octanol–water partition coefficient (Wildman–Crippen LogP) is 5.05. The number of ether oxygens (including phenoxy) is 1. The van der Waals surface area contributed by atoms with Gasteiger partial charge in [-0.15, -0.1) is 0 Å². The van der Waals surface area contributed by atoms with E-state index in [1.807, 2.05) is 49.4 Å². The Bertz CT molecular complexity index is 856. The van der Waals surface area contributed by atoms with Gasteiger partial charge >= 0.3 is 0 Å². The summed E-state index contributed by atoms with van der Waals surface area (Å²) in [5, 5.41) is 13.8. The van der Waals surface area contributed by atoms with Crippen LogP contribution in [0.25, 0.3) is 11.1 Å². The van der Waals surface area contributed by atoms with Crippen molar-refractivity contribution in [3.63, 3.8) is 0 Å². The van der Waals surface area contributed by atoms with Crippen LogP contribution < -0.4 is 10.1 Å². The van der Waals surface area contributed by atoms with Gasteiger partial charge in [0.1, 0.15) is 5.75 Å². The second kappa shape index (κ2) is 8.85. The maximum absolute atomic E-state index is 10.4. The summed E-state index contributed by atoms with van der Waals surface area (Å²) in [7, 11) is 1.69. The molecule has 140 valence electrons. The zero-order valence-corrected chi connectivity index (χ0v) is 16.1. The number of aliphatic hydroxyl groups excluding tert-OH is 1. The summed E-state index contributed by atoms with van der Waals surface area (Å²) in [6.45, 7) is 4.67. The second-order valence-corrected chi connectivity index (χ2v) is 6.88. The lowest BCUT2D eigenvalue weighted by Gasteiger charge is -2.18. The van der Waals surface area contributed by atoms with Crippen molar-refractivity contribution in [1.82, 2.24) is 5.32 Å². The lowest BCUT2D eigenvalue weighted by molar-refractivity contribution is 0.171. The fourth-order valence-corrected chi connectivity index (χ4v) is 3.15. The molecule has 0 aromatic heterocycles. The highest BCUT2D eigenvalue weighted by Gasteiger charge is 2.11. The third-order valence-corrected chi connectivity index (χ3v) is 4.91. The van der Waals surface area contributed by atoms with E-state index in [2.05, 4.69) is 42.6 Å². The van der Waals surface area contributed by atoms with E-state index in [0.29, 0.717) is 6.54 Å². The first-order valence-corrected chi connectivity index (χ1v) is 9.30. The zero-order valence-electron chi connectivity index (χ0n) is 16.1.